The second-order valence-electron chi connectivity index (χ2n) is 3.25. The fraction of sp³-hybridized carbons (Fsp3) is 0. The van der Waals surface area contributed by atoms with Crippen LogP contribution in [0.3, 0.4) is 0 Å². The summed E-state index contributed by atoms with van der Waals surface area (Å²) in [4.78, 5) is 17.2. The Morgan fingerprint density at radius 2 is 1.95 bits per heavy atom. The molecule has 2 aromatic rings. The van der Waals surface area contributed by atoms with Crippen LogP contribution in [0.4, 0.5) is 10.1 Å². The molecule has 0 bridgehead atoms. The lowest BCUT2D eigenvalue weighted by Crippen LogP contribution is -1.96. The van der Waals surface area contributed by atoms with Crippen LogP contribution in [0.2, 0.25) is 10.2 Å². The highest BCUT2D eigenvalue weighted by atomic mass is 35.5. The minimum Gasteiger partial charge on any atom is -0.434 e. The Morgan fingerprint density at radius 3 is 2.58 bits per heavy atom. The van der Waals surface area contributed by atoms with Gasteiger partial charge in [-0.05, 0) is 0 Å². The number of rotatable bonds is 3. The van der Waals surface area contributed by atoms with E-state index in [1.165, 1.54) is 12.4 Å². The first-order valence-corrected chi connectivity index (χ1v) is 5.52. The zero-order valence-electron chi connectivity index (χ0n) is 9.01. The summed E-state index contributed by atoms with van der Waals surface area (Å²) in [6.07, 6.45) is 2.65. The predicted molar refractivity (Wildman–Crippen MR) is 65.2 cm³/mol. The monoisotopic (exact) mass is 303 g/mol. The Labute approximate surface area is 115 Å². The second-order valence-corrected chi connectivity index (χ2v) is 4.01. The largest absolute Gasteiger partial charge is 0.434 e. The van der Waals surface area contributed by atoms with Gasteiger partial charge in [-0.15, -0.1) is 0 Å². The third kappa shape index (κ3) is 2.88. The van der Waals surface area contributed by atoms with E-state index in [-0.39, 0.29) is 21.8 Å². The predicted octanol–water partition coefficient (Wildman–Crippen LogP) is 3.62. The summed E-state index contributed by atoms with van der Waals surface area (Å²) >= 11 is 11.4. The summed E-state index contributed by atoms with van der Waals surface area (Å²) in [7, 11) is 0. The Morgan fingerprint density at radius 1 is 1.26 bits per heavy atom. The fourth-order valence-electron chi connectivity index (χ4n) is 1.22. The number of nitrogens with zero attached hydrogens (tertiary/aromatic N) is 3. The Balaban J connectivity index is 2.43. The van der Waals surface area contributed by atoms with Gasteiger partial charge < -0.3 is 4.74 Å². The number of aromatic nitrogens is 2. The molecule has 1 aromatic carbocycles. The molecule has 1 heterocycles. The van der Waals surface area contributed by atoms with E-state index in [9.17, 15) is 14.5 Å². The van der Waals surface area contributed by atoms with E-state index in [0.29, 0.717) is 0 Å². The average molecular weight is 304 g/mol. The minimum absolute atomic E-state index is 0.0504. The number of ether oxygens (including phenoxy) is 1. The molecule has 2 rings (SSSR count). The van der Waals surface area contributed by atoms with Gasteiger partial charge in [0.1, 0.15) is 0 Å². The lowest BCUT2D eigenvalue weighted by Gasteiger charge is -2.07. The molecule has 0 aliphatic rings. The first-order chi connectivity index (χ1) is 8.99. The van der Waals surface area contributed by atoms with Gasteiger partial charge in [-0.3, -0.25) is 10.1 Å². The lowest BCUT2D eigenvalue weighted by atomic mass is 10.3. The summed E-state index contributed by atoms with van der Waals surface area (Å²) in [5, 5.41) is 10.4. The minimum atomic E-state index is -1.06. The van der Waals surface area contributed by atoms with Gasteiger partial charge in [-0.1, -0.05) is 23.2 Å². The van der Waals surface area contributed by atoms with Gasteiger partial charge in [0.05, 0.1) is 16.0 Å². The van der Waals surface area contributed by atoms with Gasteiger partial charge in [0.15, 0.2) is 10.9 Å². The average Bonchev–Trinajstić information content (AvgIpc) is 2.34. The zero-order valence-corrected chi connectivity index (χ0v) is 10.5. The number of hydrogen-bond donors (Lipinski definition) is 0. The van der Waals surface area contributed by atoms with Crippen molar-refractivity contribution < 1.29 is 14.1 Å². The summed E-state index contributed by atoms with van der Waals surface area (Å²) in [6.45, 7) is 0. The summed E-state index contributed by atoms with van der Waals surface area (Å²) in [5.74, 6) is -1.29. The number of benzene rings is 1. The zero-order chi connectivity index (χ0) is 14.0. The Bertz CT molecular complexity index is 654. The SMILES string of the molecule is O=[N+]([O-])c1cc(Oc2nccnc2Cl)c(Cl)cc1F. The van der Waals surface area contributed by atoms with Crippen molar-refractivity contribution in [2.45, 2.75) is 0 Å². The van der Waals surface area contributed by atoms with Crippen molar-refractivity contribution in [1.29, 1.82) is 0 Å². The molecule has 19 heavy (non-hydrogen) atoms. The Kier molecular flexibility index (Phi) is 3.77. The van der Waals surface area contributed by atoms with Gasteiger partial charge in [-0.25, -0.2) is 9.97 Å². The van der Waals surface area contributed by atoms with Crippen LogP contribution in [0.15, 0.2) is 24.5 Å². The van der Waals surface area contributed by atoms with E-state index in [0.717, 1.165) is 12.1 Å². The van der Waals surface area contributed by atoms with Crippen LogP contribution >= 0.6 is 23.2 Å². The quantitative estimate of drug-likeness (QED) is 0.639. The highest BCUT2D eigenvalue weighted by Gasteiger charge is 2.19. The van der Waals surface area contributed by atoms with Crippen molar-refractivity contribution in [2.75, 3.05) is 0 Å². The molecule has 0 spiro atoms. The molecule has 0 saturated carbocycles. The maximum atomic E-state index is 13.3. The molecular weight excluding hydrogens is 300 g/mol. The Hall–Kier alpha value is -1.99. The van der Waals surface area contributed by atoms with E-state index >= 15 is 0 Å². The van der Waals surface area contributed by atoms with Crippen LogP contribution in [0.1, 0.15) is 0 Å². The lowest BCUT2D eigenvalue weighted by molar-refractivity contribution is -0.387. The number of nitro benzene ring substituents is 1. The van der Waals surface area contributed by atoms with E-state index < -0.39 is 16.4 Å². The molecule has 1 aromatic heterocycles. The number of nitro groups is 1. The third-order valence-corrected chi connectivity index (χ3v) is 2.58. The summed E-state index contributed by atoms with van der Waals surface area (Å²) in [6, 6.07) is 1.63. The topological polar surface area (TPSA) is 78.2 Å². The molecule has 0 amide bonds. The van der Waals surface area contributed by atoms with Crippen molar-refractivity contribution in [3.05, 3.63) is 50.6 Å². The van der Waals surface area contributed by atoms with Crippen LogP contribution in [-0.2, 0) is 0 Å². The first-order valence-electron chi connectivity index (χ1n) is 4.77. The van der Waals surface area contributed by atoms with Gasteiger partial charge in [0, 0.05) is 18.5 Å². The molecule has 98 valence electrons. The molecule has 0 aliphatic heterocycles. The summed E-state index contributed by atoms with van der Waals surface area (Å²) in [5.41, 5.74) is -0.764. The second kappa shape index (κ2) is 5.33. The van der Waals surface area contributed by atoms with Crippen LogP contribution in [0.25, 0.3) is 0 Å². The molecule has 0 N–H and O–H groups in total. The third-order valence-electron chi connectivity index (χ3n) is 2.03. The molecule has 6 nitrogen and oxygen atoms in total. The molecule has 0 atom stereocenters. The van der Waals surface area contributed by atoms with Crippen molar-refractivity contribution in [1.82, 2.24) is 9.97 Å². The van der Waals surface area contributed by atoms with E-state index in [1.54, 1.807) is 0 Å². The van der Waals surface area contributed by atoms with Gasteiger partial charge >= 0.3 is 5.69 Å². The molecular formula is C10H4Cl2FN3O3. The highest BCUT2D eigenvalue weighted by molar-refractivity contribution is 6.32. The number of halogens is 3. The molecule has 0 fully saturated rings. The fourth-order valence-corrected chi connectivity index (χ4v) is 1.55. The highest BCUT2D eigenvalue weighted by Crippen LogP contribution is 2.35. The van der Waals surface area contributed by atoms with Crippen LogP contribution in [-0.4, -0.2) is 14.9 Å². The van der Waals surface area contributed by atoms with Crippen molar-refractivity contribution >= 4 is 28.9 Å². The standard InChI is InChI=1S/C10H4Cl2FN3O3/c11-5-3-6(13)7(16(17)18)4-8(5)19-10-9(12)14-1-2-15-10/h1-4H. The van der Waals surface area contributed by atoms with E-state index in [2.05, 4.69) is 9.97 Å². The van der Waals surface area contributed by atoms with Gasteiger partial charge in [0.25, 0.3) is 5.88 Å². The van der Waals surface area contributed by atoms with Gasteiger partial charge in [0.2, 0.25) is 5.82 Å². The molecule has 0 aliphatic carbocycles. The smallest absolute Gasteiger partial charge is 0.308 e. The van der Waals surface area contributed by atoms with E-state index in [1.807, 2.05) is 0 Å². The molecule has 0 saturated heterocycles. The molecule has 9 heteroatoms. The van der Waals surface area contributed by atoms with Crippen LogP contribution < -0.4 is 4.74 Å². The maximum absolute atomic E-state index is 13.3. The molecule has 0 radical (unpaired) electrons. The van der Waals surface area contributed by atoms with Gasteiger partial charge in [-0.2, -0.15) is 4.39 Å². The van der Waals surface area contributed by atoms with Crippen LogP contribution in [0.5, 0.6) is 11.6 Å². The van der Waals surface area contributed by atoms with Crippen molar-refractivity contribution in [3.63, 3.8) is 0 Å². The normalized spacial score (nSPS) is 10.3. The van der Waals surface area contributed by atoms with E-state index in [4.69, 9.17) is 27.9 Å². The van der Waals surface area contributed by atoms with Crippen molar-refractivity contribution in [2.24, 2.45) is 0 Å². The summed E-state index contributed by atoms with van der Waals surface area (Å²) < 4.78 is 18.4. The number of hydrogen-bond acceptors (Lipinski definition) is 5. The maximum Gasteiger partial charge on any atom is 0.308 e. The molecule has 0 unspecified atom stereocenters. The van der Waals surface area contributed by atoms with Crippen molar-refractivity contribution in [3.8, 4) is 11.6 Å². The first kappa shape index (κ1) is 13.4. The van der Waals surface area contributed by atoms with Crippen LogP contribution in [0, 0.1) is 15.9 Å².